The second-order valence-electron chi connectivity index (χ2n) is 8.46. The van der Waals surface area contributed by atoms with Gasteiger partial charge in [-0.05, 0) is 83.4 Å². The standard InChI is InChI=1S/C13H21NO.C7H17N.C5H12.2C2H6.CH4O/c1-9-6-7-12(15-5)11(10(9)2)8-13(3,4)14;1-4-6-7-8(3)5-2;1-3-5-4-2;3*1-2/h6-7H,8,14H2,1-5H3;4-7H2,1-3H3;3-5H2,1-2H3;2*1-2H3;2H,1H3. The topological polar surface area (TPSA) is 58.7 Å². The monoisotopic (exact) mass is 487 g/mol. The summed E-state index contributed by atoms with van der Waals surface area (Å²) >= 11 is 0. The molecule has 0 aliphatic heterocycles. The minimum atomic E-state index is -0.203. The number of ether oxygens (including phenoxy) is 1. The van der Waals surface area contributed by atoms with Crippen LogP contribution in [0.3, 0.4) is 0 Å². The zero-order valence-corrected chi connectivity index (χ0v) is 26.2. The summed E-state index contributed by atoms with van der Waals surface area (Å²) < 4.78 is 5.37. The molecule has 0 heterocycles. The van der Waals surface area contributed by atoms with Gasteiger partial charge >= 0.3 is 0 Å². The number of aliphatic hydroxyl groups excluding tert-OH is 1. The smallest absolute Gasteiger partial charge is 0.122 e. The number of aryl methyl sites for hydroxylation is 1. The van der Waals surface area contributed by atoms with E-state index in [1.165, 1.54) is 61.9 Å². The molecule has 0 unspecified atom stereocenters. The molecule has 0 amide bonds. The number of hydrogen-bond acceptors (Lipinski definition) is 4. The molecule has 34 heavy (non-hydrogen) atoms. The normalized spacial score (nSPS) is 9.35. The Bertz CT molecular complexity index is 495. The Hall–Kier alpha value is -1.10. The van der Waals surface area contributed by atoms with Crippen molar-refractivity contribution in [2.75, 3.05) is 34.4 Å². The molecule has 0 atom stereocenters. The lowest BCUT2D eigenvalue weighted by molar-refractivity contribution is 0.346. The maximum Gasteiger partial charge on any atom is 0.122 e. The van der Waals surface area contributed by atoms with Gasteiger partial charge in [0, 0.05) is 12.6 Å². The Kier molecular flexibility index (Phi) is 40.4. The summed E-state index contributed by atoms with van der Waals surface area (Å²) in [6, 6.07) is 4.10. The van der Waals surface area contributed by atoms with Crippen LogP contribution in [0.15, 0.2) is 12.1 Å². The van der Waals surface area contributed by atoms with Crippen LogP contribution in [0.25, 0.3) is 0 Å². The fourth-order valence-electron chi connectivity index (χ4n) is 2.66. The lowest BCUT2D eigenvalue weighted by atomic mass is 9.91. The Labute approximate surface area is 216 Å². The molecular weight excluding hydrogens is 420 g/mol. The third kappa shape index (κ3) is 28.9. The van der Waals surface area contributed by atoms with Crippen molar-refractivity contribution in [2.45, 2.75) is 127 Å². The van der Waals surface area contributed by atoms with E-state index in [2.05, 4.69) is 59.6 Å². The highest BCUT2D eigenvalue weighted by Gasteiger charge is 2.17. The highest BCUT2D eigenvalue weighted by atomic mass is 16.5. The lowest BCUT2D eigenvalue weighted by Crippen LogP contribution is -2.34. The quantitative estimate of drug-likeness (QED) is 0.369. The number of unbranched alkanes of at least 4 members (excludes halogenated alkanes) is 3. The van der Waals surface area contributed by atoms with Gasteiger partial charge in [0.1, 0.15) is 5.75 Å². The maximum atomic E-state index is 7.00. The molecule has 0 aromatic heterocycles. The van der Waals surface area contributed by atoms with E-state index in [0.717, 1.165) is 19.3 Å². The Morgan fingerprint density at radius 2 is 1.32 bits per heavy atom. The van der Waals surface area contributed by atoms with Gasteiger partial charge in [-0.1, -0.05) is 87.1 Å². The number of nitrogens with zero attached hydrogens (tertiary/aromatic N) is 1. The minimum Gasteiger partial charge on any atom is -0.496 e. The zero-order valence-electron chi connectivity index (χ0n) is 26.2. The molecular formula is C30H66N2O2. The third-order valence-electron chi connectivity index (χ3n) is 4.82. The van der Waals surface area contributed by atoms with Crippen molar-refractivity contribution in [3.63, 3.8) is 0 Å². The van der Waals surface area contributed by atoms with E-state index in [0.29, 0.717) is 0 Å². The number of nitrogens with two attached hydrogens (primary N) is 1. The summed E-state index contributed by atoms with van der Waals surface area (Å²) in [5.74, 6) is 0.941. The van der Waals surface area contributed by atoms with Crippen molar-refractivity contribution < 1.29 is 9.84 Å². The Balaban J connectivity index is -0.000000125. The van der Waals surface area contributed by atoms with Crippen LogP contribution in [0, 0.1) is 13.8 Å². The number of aliphatic hydroxyl groups is 1. The molecule has 208 valence electrons. The second kappa shape index (κ2) is 31.9. The fourth-order valence-corrected chi connectivity index (χ4v) is 2.66. The van der Waals surface area contributed by atoms with Gasteiger partial charge in [-0.15, -0.1) is 0 Å². The number of rotatable bonds is 9. The molecule has 4 heteroatoms. The summed E-state index contributed by atoms with van der Waals surface area (Å²) in [5.41, 5.74) is 9.65. The largest absolute Gasteiger partial charge is 0.496 e. The summed E-state index contributed by atoms with van der Waals surface area (Å²) in [7, 11) is 4.87. The van der Waals surface area contributed by atoms with E-state index in [-0.39, 0.29) is 5.54 Å². The van der Waals surface area contributed by atoms with E-state index in [1.54, 1.807) is 7.11 Å². The van der Waals surface area contributed by atoms with E-state index in [4.69, 9.17) is 15.6 Å². The molecule has 0 radical (unpaired) electrons. The van der Waals surface area contributed by atoms with E-state index < -0.39 is 0 Å². The molecule has 1 aromatic rings. The summed E-state index contributed by atoms with van der Waals surface area (Å²) in [6.07, 6.45) is 7.56. The summed E-state index contributed by atoms with van der Waals surface area (Å²) in [6.45, 7) is 27.6. The van der Waals surface area contributed by atoms with Crippen LogP contribution in [-0.2, 0) is 6.42 Å². The SMILES string of the molecule is CC.CC.CCCCC.CCCCN(C)CC.CO.COc1ccc(C)c(C)c1CC(C)(C)N. The molecule has 0 saturated carbocycles. The van der Waals surface area contributed by atoms with Crippen LogP contribution >= 0.6 is 0 Å². The van der Waals surface area contributed by atoms with Gasteiger partial charge in [0.05, 0.1) is 7.11 Å². The van der Waals surface area contributed by atoms with Gasteiger partial charge < -0.3 is 20.5 Å². The first kappa shape index (κ1) is 43.0. The minimum absolute atomic E-state index is 0.203. The van der Waals surface area contributed by atoms with Crippen LogP contribution < -0.4 is 10.5 Å². The Morgan fingerprint density at radius 1 is 0.882 bits per heavy atom. The summed E-state index contributed by atoms with van der Waals surface area (Å²) in [4.78, 5) is 2.34. The van der Waals surface area contributed by atoms with Gasteiger partial charge in [0.15, 0.2) is 0 Å². The zero-order chi connectivity index (χ0) is 28.2. The number of benzene rings is 1. The second-order valence-corrected chi connectivity index (χ2v) is 8.46. The first-order chi connectivity index (χ1) is 16.1. The highest BCUT2D eigenvalue weighted by Crippen LogP contribution is 2.27. The number of methoxy groups -OCH3 is 1. The molecule has 4 nitrogen and oxygen atoms in total. The van der Waals surface area contributed by atoms with Crippen LogP contribution in [0.5, 0.6) is 5.75 Å². The molecule has 0 aliphatic carbocycles. The third-order valence-corrected chi connectivity index (χ3v) is 4.82. The predicted octanol–water partition coefficient (Wildman–Crippen LogP) is 8.19. The van der Waals surface area contributed by atoms with E-state index >= 15 is 0 Å². The fraction of sp³-hybridized carbons (Fsp3) is 0.800. The van der Waals surface area contributed by atoms with Gasteiger partial charge in [0.25, 0.3) is 0 Å². The van der Waals surface area contributed by atoms with Gasteiger partial charge in [-0.3, -0.25) is 0 Å². The molecule has 0 aliphatic rings. The molecule has 3 N–H and O–H groups in total. The van der Waals surface area contributed by atoms with Crippen molar-refractivity contribution >= 4 is 0 Å². The highest BCUT2D eigenvalue weighted by molar-refractivity contribution is 5.44. The van der Waals surface area contributed by atoms with Gasteiger partial charge in [-0.2, -0.15) is 0 Å². The van der Waals surface area contributed by atoms with Crippen LogP contribution in [0.4, 0.5) is 0 Å². The molecule has 0 spiro atoms. The van der Waals surface area contributed by atoms with Gasteiger partial charge in [-0.25, -0.2) is 0 Å². The molecule has 0 saturated heterocycles. The lowest BCUT2D eigenvalue weighted by Gasteiger charge is -2.22. The van der Waals surface area contributed by atoms with Crippen molar-refractivity contribution in [1.29, 1.82) is 0 Å². The van der Waals surface area contributed by atoms with Crippen LogP contribution in [-0.4, -0.2) is 49.9 Å². The summed E-state index contributed by atoms with van der Waals surface area (Å²) in [5, 5.41) is 7.00. The first-order valence-corrected chi connectivity index (χ1v) is 13.6. The predicted molar refractivity (Wildman–Crippen MR) is 159 cm³/mol. The first-order valence-electron chi connectivity index (χ1n) is 13.6. The molecule has 0 fully saturated rings. The average Bonchev–Trinajstić information content (AvgIpc) is 2.85. The average molecular weight is 487 g/mol. The van der Waals surface area contributed by atoms with Crippen molar-refractivity contribution in [2.24, 2.45) is 5.73 Å². The van der Waals surface area contributed by atoms with Gasteiger partial charge in [0.2, 0.25) is 0 Å². The Morgan fingerprint density at radius 3 is 1.62 bits per heavy atom. The molecule has 1 aromatic carbocycles. The van der Waals surface area contributed by atoms with Crippen molar-refractivity contribution in [3.8, 4) is 5.75 Å². The number of hydrogen-bond donors (Lipinski definition) is 2. The maximum absolute atomic E-state index is 7.00. The van der Waals surface area contributed by atoms with E-state index in [9.17, 15) is 0 Å². The van der Waals surface area contributed by atoms with Crippen LogP contribution in [0.1, 0.15) is 118 Å². The molecule has 1 rings (SSSR count). The van der Waals surface area contributed by atoms with Crippen molar-refractivity contribution in [3.05, 3.63) is 28.8 Å². The van der Waals surface area contributed by atoms with E-state index in [1.807, 2.05) is 47.6 Å². The van der Waals surface area contributed by atoms with Crippen molar-refractivity contribution in [1.82, 2.24) is 4.90 Å². The van der Waals surface area contributed by atoms with Crippen LogP contribution in [0.2, 0.25) is 0 Å². The molecule has 0 bridgehead atoms.